The van der Waals surface area contributed by atoms with Gasteiger partial charge in [0.25, 0.3) is 5.91 Å². The Morgan fingerprint density at radius 1 is 1.16 bits per heavy atom. The van der Waals surface area contributed by atoms with Gasteiger partial charge in [-0.2, -0.15) is 18.2 Å². The second kappa shape index (κ2) is 16.2. The van der Waals surface area contributed by atoms with Crippen molar-refractivity contribution in [3.05, 3.63) is 63.6 Å². The molecule has 3 N–H and O–H groups in total. The minimum absolute atomic E-state index is 0.118. The third-order valence-electron chi connectivity index (χ3n) is 6.85. The summed E-state index contributed by atoms with van der Waals surface area (Å²) in [7, 11) is 0. The predicted molar refractivity (Wildman–Crippen MR) is 181 cm³/mol. The van der Waals surface area contributed by atoms with Gasteiger partial charge in [0.05, 0.1) is 46.6 Å². The number of amidine groups is 1. The topological polar surface area (TPSA) is 160 Å². The number of nitrogens with one attached hydrogen (secondary N) is 2. The van der Waals surface area contributed by atoms with Gasteiger partial charge in [0.1, 0.15) is 5.56 Å². The number of aromatic nitrogens is 1. The molecule has 1 aromatic heterocycles. The number of nitrogens with zero attached hydrogens (tertiary/aromatic N) is 3. The molecule has 49 heavy (non-hydrogen) atoms. The standard InChI is InChI=1S/C30H30ClN5O5S.C2HF3O2/c1-4-41-29(39)21-16-32-23-8-5-18(13-20(23)26(21)36-9-11-40-12-10-36)14-25-28(38)35-30(42-25)34-24-15-19(6-7-22(24)31)33-27(37)17(2)3;3-2(4,5)1(6)7/h5-8,13-17H,4,9-12H2,1-3H3,(H,33,37)(H,34,35,38);(H,6,7)/b25-14+;. The number of carbonyl (C=O) groups is 4. The van der Waals surface area contributed by atoms with E-state index in [-0.39, 0.29) is 18.4 Å². The van der Waals surface area contributed by atoms with Gasteiger partial charge in [0.15, 0.2) is 5.17 Å². The van der Waals surface area contributed by atoms with Gasteiger partial charge in [-0.05, 0) is 60.7 Å². The zero-order valence-corrected chi connectivity index (χ0v) is 28.0. The number of morpholine rings is 1. The molecule has 2 aromatic carbocycles. The molecule has 3 aromatic rings. The van der Waals surface area contributed by atoms with Crippen LogP contribution in [0.15, 0.2) is 52.5 Å². The highest BCUT2D eigenvalue weighted by molar-refractivity contribution is 8.18. The lowest BCUT2D eigenvalue weighted by Gasteiger charge is -2.31. The van der Waals surface area contributed by atoms with E-state index in [2.05, 4.69) is 25.5 Å². The molecule has 0 aliphatic carbocycles. The quantitative estimate of drug-likeness (QED) is 0.188. The number of thioether (sulfide) groups is 1. The zero-order valence-electron chi connectivity index (χ0n) is 26.4. The summed E-state index contributed by atoms with van der Waals surface area (Å²) in [6.07, 6.45) is -1.77. The molecule has 0 radical (unpaired) electrons. The summed E-state index contributed by atoms with van der Waals surface area (Å²) < 4.78 is 42.6. The minimum Gasteiger partial charge on any atom is -0.475 e. The van der Waals surface area contributed by atoms with Crippen LogP contribution in [-0.4, -0.2) is 78.1 Å². The lowest BCUT2D eigenvalue weighted by Crippen LogP contribution is -2.37. The van der Waals surface area contributed by atoms with Crippen molar-refractivity contribution in [1.29, 1.82) is 0 Å². The van der Waals surface area contributed by atoms with Crippen LogP contribution >= 0.6 is 23.4 Å². The van der Waals surface area contributed by atoms with Gasteiger partial charge in [0, 0.05) is 36.3 Å². The van der Waals surface area contributed by atoms with Crippen LogP contribution in [0, 0.1) is 5.92 Å². The Labute approximate surface area is 287 Å². The normalized spacial score (nSPS) is 15.5. The minimum atomic E-state index is -5.08. The van der Waals surface area contributed by atoms with Crippen molar-refractivity contribution in [2.24, 2.45) is 10.9 Å². The second-order valence-electron chi connectivity index (χ2n) is 10.7. The Kier molecular flexibility index (Phi) is 12.2. The number of aliphatic imine (C=N–C) groups is 1. The van der Waals surface area contributed by atoms with Crippen molar-refractivity contribution >= 4 is 86.3 Å². The van der Waals surface area contributed by atoms with Crippen molar-refractivity contribution < 1.29 is 46.9 Å². The first-order valence-electron chi connectivity index (χ1n) is 14.8. The molecule has 2 aliphatic heterocycles. The van der Waals surface area contributed by atoms with Crippen LogP contribution in [0.1, 0.15) is 36.7 Å². The summed E-state index contributed by atoms with van der Waals surface area (Å²) in [5, 5.41) is 14.6. The molecule has 2 amide bonds. The fourth-order valence-corrected chi connectivity index (χ4v) is 5.48. The number of halogens is 4. The van der Waals surface area contributed by atoms with Crippen LogP contribution < -0.4 is 15.5 Å². The molecule has 17 heteroatoms. The highest BCUT2D eigenvalue weighted by Gasteiger charge is 2.38. The average molecular weight is 722 g/mol. The number of anilines is 3. The van der Waals surface area contributed by atoms with E-state index in [0.29, 0.717) is 58.3 Å². The van der Waals surface area contributed by atoms with Crippen molar-refractivity contribution in [1.82, 2.24) is 4.98 Å². The number of rotatable bonds is 7. The number of carboxylic acids is 1. The third-order valence-corrected chi connectivity index (χ3v) is 8.08. The molecule has 3 heterocycles. The van der Waals surface area contributed by atoms with E-state index in [0.717, 1.165) is 22.2 Å². The maximum absolute atomic E-state index is 12.8. The summed E-state index contributed by atoms with van der Waals surface area (Å²) in [5.41, 5.74) is 3.69. The maximum Gasteiger partial charge on any atom is 0.490 e. The fraction of sp³-hybridized carbons (Fsp3) is 0.312. The summed E-state index contributed by atoms with van der Waals surface area (Å²) in [6.45, 7) is 7.98. The summed E-state index contributed by atoms with van der Waals surface area (Å²) in [5.74, 6) is -3.88. The molecule has 1 fully saturated rings. The first kappa shape index (κ1) is 37.2. The van der Waals surface area contributed by atoms with Gasteiger partial charge in [-0.15, -0.1) is 0 Å². The number of aliphatic carboxylic acids is 1. The number of carboxylic acid groups (broad SMARTS) is 1. The maximum atomic E-state index is 12.8. The first-order chi connectivity index (χ1) is 23.2. The molecule has 2 aliphatic rings. The number of hydrogen-bond acceptors (Lipinski definition) is 10. The highest BCUT2D eigenvalue weighted by Crippen LogP contribution is 2.35. The number of alkyl halides is 3. The van der Waals surface area contributed by atoms with Crippen molar-refractivity contribution in [2.45, 2.75) is 26.9 Å². The van der Waals surface area contributed by atoms with Gasteiger partial charge >= 0.3 is 18.1 Å². The van der Waals surface area contributed by atoms with Gasteiger partial charge in [-0.25, -0.2) is 9.59 Å². The fourth-order valence-electron chi connectivity index (χ4n) is 4.49. The molecule has 12 nitrogen and oxygen atoms in total. The van der Waals surface area contributed by atoms with E-state index in [9.17, 15) is 27.6 Å². The zero-order chi connectivity index (χ0) is 35.9. The summed E-state index contributed by atoms with van der Waals surface area (Å²) in [6, 6.07) is 10.7. The number of amides is 2. The Bertz CT molecular complexity index is 1830. The van der Waals surface area contributed by atoms with E-state index < -0.39 is 24.0 Å². The number of benzene rings is 2. The van der Waals surface area contributed by atoms with Crippen LogP contribution in [0.25, 0.3) is 17.0 Å². The molecular weight excluding hydrogens is 691 g/mol. The Morgan fingerprint density at radius 2 is 1.86 bits per heavy atom. The Balaban J connectivity index is 0.000000698. The molecule has 0 atom stereocenters. The molecule has 0 spiro atoms. The largest absolute Gasteiger partial charge is 0.490 e. The lowest BCUT2D eigenvalue weighted by molar-refractivity contribution is -0.192. The molecule has 260 valence electrons. The van der Waals surface area contributed by atoms with Crippen LogP contribution in [0.5, 0.6) is 0 Å². The van der Waals surface area contributed by atoms with Gasteiger partial charge in [-0.1, -0.05) is 31.5 Å². The second-order valence-corrected chi connectivity index (χ2v) is 12.2. The van der Waals surface area contributed by atoms with E-state index in [1.54, 1.807) is 37.4 Å². The SMILES string of the molecule is CCOC(=O)c1cnc2ccc(/C=C3/SC(Nc4cc(NC(=O)C(C)C)ccc4Cl)=NC3=O)cc2c1N1CCOCC1.O=C(O)C(F)(F)F. The van der Waals surface area contributed by atoms with Crippen molar-refractivity contribution in [3.63, 3.8) is 0 Å². The van der Waals surface area contributed by atoms with Crippen molar-refractivity contribution in [2.75, 3.05) is 48.4 Å². The molecule has 0 saturated carbocycles. The van der Waals surface area contributed by atoms with Gasteiger partial charge in [-0.3, -0.25) is 14.6 Å². The van der Waals surface area contributed by atoms with Crippen molar-refractivity contribution in [3.8, 4) is 0 Å². The summed E-state index contributed by atoms with van der Waals surface area (Å²) >= 11 is 7.56. The molecule has 5 rings (SSSR count). The number of pyridine rings is 1. The Hall–Kier alpha value is -4.67. The monoisotopic (exact) mass is 721 g/mol. The van der Waals surface area contributed by atoms with Gasteiger partial charge in [0.2, 0.25) is 5.91 Å². The number of carbonyl (C=O) groups excluding carboxylic acids is 3. The summed E-state index contributed by atoms with van der Waals surface area (Å²) in [4.78, 5) is 57.9. The first-order valence-corrected chi connectivity index (χ1v) is 16.0. The molecule has 1 saturated heterocycles. The molecule has 0 unspecified atom stereocenters. The Morgan fingerprint density at radius 3 is 2.49 bits per heavy atom. The average Bonchev–Trinajstić information content (AvgIpc) is 3.39. The van der Waals surface area contributed by atoms with Crippen LogP contribution in [-0.2, 0) is 23.9 Å². The number of hydrogen-bond donors (Lipinski definition) is 3. The van der Waals surface area contributed by atoms with E-state index >= 15 is 0 Å². The number of esters is 1. The molecular formula is C32H31ClF3N5O7S. The third kappa shape index (κ3) is 9.70. The van der Waals surface area contributed by atoms with Gasteiger partial charge < -0.3 is 30.1 Å². The van der Waals surface area contributed by atoms with Crippen LogP contribution in [0.4, 0.5) is 30.2 Å². The lowest BCUT2D eigenvalue weighted by atomic mass is 10.0. The number of fused-ring (bicyclic) bond motifs is 1. The van der Waals surface area contributed by atoms with E-state index in [1.165, 1.54) is 11.8 Å². The van der Waals surface area contributed by atoms with Crippen LogP contribution in [0.3, 0.4) is 0 Å². The number of ether oxygens (including phenoxy) is 2. The predicted octanol–water partition coefficient (Wildman–Crippen LogP) is 6.21. The highest BCUT2D eigenvalue weighted by atomic mass is 35.5. The smallest absolute Gasteiger partial charge is 0.475 e. The van der Waals surface area contributed by atoms with E-state index in [1.807, 2.05) is 32.0 Å². The van der Waals surface area contributed by atoms with Crippen LogP contribution in [0.2, 0.25) is 5.02 Å². The van der Waals surface area contributed by atoms with E-state index in [4.69, 9.17) is 31.0 Å². The molecule has 0 bridgehead atoms.